The number of nitrogens with two attached hydrogens (primary N) is 1. The van der Waals surface area contributed by atoms with Gasteiger partial charge in [0.1, 0.15) is 5.52 Å². The molecular weight excluding hydrogens is 342 g/mol. The summed E-state index contributed by atoms with van der Waals surface area (Å²) < 4.78 is 0. The number of hydrogen-bond acceptors (Lipinski definition) is 3. The molecule has 5 aromatic rings. The lowest BCUT2D eigenvalue weighted by Gasteiger charge is -2.12. The highest BCUT2D eigenvalue weighted by Crippen LogP contribution is 2.35. The van der Waals surface area contributed by atoms with Crippen LogP contribution in [-0.2, 0) is 0 Å². The Morgan fingerprint density at radius 1 is 0.714 bits per heavy atom. The van der Waals surface area contributed by atoms with E-state index < -0.39 is 0 Å². The fourth-order valence-corrected chi connectivity index (χ4v) is 3.77. The topological polar surface area (TPSA) is 51.8 Å². The maximum atomic E-state index is 6.21. The third-order valence-corrected chi connectivity index (χ3v) is 5.14. The lowest BCUT2D eigenvalue weighted by atomic mass is 9.94. The molecule has 3 heteroatoms. The van der Waals surface area contributed by atoms with Crippen molar-refractivity contribution in [1.29, 1.82) is 0 Å². The zero-order valence-electron chi connectivity index (χ0n) is 15.6. The molecule has 5 rings (SSSR count). The Hall–Kier alpha value is -3.72. The van der Waals surface area contributed by atoms with Gasteiger partial charge in [0.15, 0.2) is 5.82 Å². The van der Waals surface area contributed by atoms with Crippen molar-refractivity contribution >= 4 is 27.6 Å². The molecule has 0 aliphatic rings. The van der Waals surface area contributed by atoms with Crippen LogP contribution in [0.3, 0.4) is 0 Å². The van der Waals surface area contributed by atoms with Crippen molar-refractivity contribution in [3.8, 4) is 22.3 Å². The van der Waals surface area contributed by atoms with Crippen molar-refractivity contribution in [3.63, 3.8) is 0 Å². The summed E-state index contributed by atoms with van der Waals surface area (Å²) in [5, 5.41) is 2.10. The molecule has 28 heavy (non-hydrogen) atoms. The Morgan fingerprint density at radius 3 is 2.21 bits per heavy atom. The van der Waals surface area contributed by atoms with Crippen LogP contribution in [-0.4, -0.2) is 9.97 Å². The van der Waals surface area contributed by atoms with E-state index >= 15 is 0 Å². The number of aryl methyl sites for hydroxylation is 1. The van der Waals surface area contributed by atoms with E-state index in [9.17, 15) is 0 Å². The molecule has 3 aromatic carbocycles. The average Bonchev–Trinajstić information content (AvgIpc) is 2.74. The molecule has 0 amide bonds. The molecule has 0 atom stereocenters. The fraction of sp³-hybridized carbons (Fsp3) is 0.0400. The zero-order valence-corrected chi connectivity index (χ0v) is 15.6. The molecule has 3 nitrogen and oxygen atoms in total. The minimum Gasteiger partial charge on any atom is -0.382 e. The van der Waals surface area contributed by atoms with Crippen molar-refractivity contribution < 1.29 is 0 Å². The Kier molecular flexibility index (Phi) is 3.80. The Bertz CT molecular complexity index is 1320. The molecule has 0 saturated heterocycles. The van der Waals surface area contributed by atoms with Crippen LogP contribution in [0.15, 0.2) is 85.1 Å². The normalized spacial score (nSPS) is 11.2. The summed E-state index contributed by atoms with van der Waals surface area (Å²) in [6, 6.07) is 27.3. The van der Waals surface area contributed by atoms with Gasteiger partial charge in [-0.25, -0.2) is 4.98 Å². The van der Waals surface area contributed by atoms with E-state index in [1.54, 1.807) is 0 Å². The Morgan fingerprint density at radius 2 is 1.43 bits per heavy atom. The van der Waals surface area contributed by atoms with E-state index in [0.29, 0.717) is 5.82 Å². The van der Waals surface area contributed by atoms with Crippen molar-refractivity contribution in [3.05, 3.63) is 90.6 Å². The van der Waals surface area contributed by atoms with Gasteiger partial charge in [-0.1, -0.05) is 66.7 Å². The highest BCUT2D eigenvalue weighted by molar-refractivity contribution is 6.09. The van der Waals surface area contributed by atoms with Gasteiger partial charge in [0.2, 0.25) is 0 Å². The molecule has 2 N–H and O–H groups in total. The lowest BCUT2D eigenvalue weighted by molar-refractivity contribution is 1.35. The van der Waals surface area contributed by atoms with Crippen LogP contribution in [0.2, 0.25) is 0 Å². The largest absolute Gasteiger partial charge is 0.382 e. The predicted octanol–water partition coefficient (Wildman–Crippen LogP) is 6.01. The van der Waals surface area contributed by atoms with E-state index in [1.807, 2.05) is 12.3 Å². The molecular formula is C25H19N3. The van der Waals surface area contributed by atoms with Gasteiger partial charge in [-0.05, 0) is 41.3 Å². The quantitative estimate of drug-likeness (QED) is 0.392. The van der Waals surface area contributed by atoms with Crippen molar-refractivity contribution in [2.24, 2.45) is 0 Å². The first kappa shape index (κ1) is 16.5. The van der Waals surface area contributed by atoms with Gasteiger partial charge < -0.3 is 5.73 Å². The first-order chi connectivity index (χ1) is 13.7. The number of rotatable bonds is 2. The third kappa shape index (κ3) is 2.69. The van der Waals surface area contributed by atoms with E-state index in [4.69, 9.17) is 5.73 Å². The van der Waals surface area contributed by atoms with Crippen molar-refractivity contribution in [1.82, 2.24) is 9.97 Å². The monoisotopic (exact) mass is 361 g/mol. The minimum atomic E-state index is 0.469. The number of hydrogen-bond donors (Lipinski definition) is 1. The summed E-state index contributed by atoms with van der Waals surface area (Å²) in [6.45, 7) is 2.06. The molecule has 0 aliphatic carbocycles. The van der Waals surface area contributed by atoms with Crippen LogP contribution in [0.4, 0.5) is 5.82 Å². The number of nitrogen functional groups attached to an aromatic ring is 1. The number of fused-ring (bicyclic) bond motifs is 3. The average molecular weight is 361 g/mol. The highest BCUT2D eigenvalue weighted by atomic mass is 14.9. The molecule has 134 valence electrons. The lowest BCUT2D eigenvalue weighted by Crippen LogP contribution is -1.96. The summed E-state index contributed by atoms with van der Waals surface area (Å²) in [4.78, 5) is 9.22. The molecule has 0 aliphatic heterocycles. The SMILES string of the molecule is Cc1ccc2c(c1)nc(N)c1ncc(-c3ccccc3-c3ccccc3)cc12. The second kappa shape index (κ2) is 6.46. The van der Waals surface area contributed by atoms with E-state index in [0.717, 1.165) is 38.5 Å². The number of nitrogens with zero attached hydrogens (tertiary/aromatic N) is 2. The smallest absolute Gasteiger partial charge is 0.150 e. The van der Waals surface area contributed by atoms with Crippen LogP contribution in [0, 0.1) is 6.92 Å². The summed E-state index contributed by atoms with van der Waals surface area (Å²) in [5.41, 5.74) is 13.6. The Labute approximate surface area is 163 Å². The minimum absolute atomic E-state index is 0.469. The van der Waals surface area contributed by atoms with Gasteiger partial charge in [0.05, 0.1) is 5.52 Å². The first-order valence-corrected chi connectivity index (χ1v) is 9.31. The number of benzene rings is 3. The van der Waals surface area contributed by atoms with Crippen LogP contribution in [0.25, 0.3) is 44.1 Å². The Balaban J connectivity index is 1.79. The van der Waals surface area contributed by atoms with Gasteiger partial charge in [0, 0.05) is 22.5 Å². The fourth-order valence-electron chi connectivity index (χ4n) is 3.77. The van der Waals surface area contributed by atoms with Crippen LogP contribution >= 0.6 is 0 Å². The number of pyridine rings is 2. The van der Waals surface area contributed by atoms with Crippen LogP contribution in [0.5, 0.6) is 0 Å². The first-order valence-electron chi connectivity index (χ1n) is 9.31. The second-order valence-electron chi connectivity index (χ2n) is 7.05. The second-order valence-corrected chi connectivity index (χ2v) is 7.05. The summed E-state index contributed by atoms with van der Waals surface area (Å²) >= 11 is 0. The van der Waals surface area contributed by atoms with E-state index in [2.05, 4.69) is 89.7 Å². The standard InChI is InChI=1S/C25H19N3/c1-16-11-12-21-22-14-18(15-27-24(22)25(26)28-23(21)13-16)20-10-6-5-9-19(20)17-7-3-2-4-8-17/h2-15H,1H3,(H2,26,28). The van der Waals surface area contributed by atoms with Gasteiger partial charge in [0.25, 0.3) is 0 Å². The van der Waals surface area contributed by atoms with Gasteiger partial charge in [-0.2, -0.15) is 0 Å². The summed E-state index contributed by atoms with van der Waals surface area (Å²) in [7, 11) is 0. The van der Waals surface area contributed by atoms with Crippen molar-refractivity contribution in [2.45, 2.75) is 6.92 Å². The summed E-state index contributed by atoms with van der Waals surface area (Å²) in [6.07, 6.45) is 1.89. The maximum Gasteiger partial charge on any atom is 0.150 e. The molecule has 0 radical (unpaired) electrons. The summed E-state index contributed by atoms with van der Waals surface area (Å²) in [5.74, 6) is 0.469. The van der Waals surface area contributed by atoms with E-state index in [-0.39, 0.29) is 0 Å². The third-order valence-electron chi connectivity index (χ3n) is 5.14. The van der Waals surface area contributed by atoms with Crippen molar-refractivity contribution in [2.75, 3.05) is 5.73 Å². The number of anilines is 1. The van der Waals surface area contributed by atoms with Gasteiger partial charge in [-0.3, -0.25) is 4.98 Å². The molecule has 0 unspecified atom stereocenters. The molecule has 2 aromatic heterocycles. The van der Waals surface area contributed by atoms with Gasteiger partial charge in [-0.15, -0.1) is 0 Å². The molecule has 0 saturated carbocycles. The number of aromatic nitrogens is 2. The van der Waals surface area contributed by atoms with E-state index in [1.165, 1.54) is 11.1 Å². The van der Waals surface area contributed by atoms with Crippen LogP contribution in [0.1, 0.15) is 5.56 Å². The predicted molar refractivity (Wildman–Crippen MR) is 117 cm³/mol. The molecule has 0 fully saturated rings. The van der Waals surface area contributed by atoms with Crippen LogP contribution < -0.4 is 5.73 Å². The molecule has 2 heterocycles. The molecule has 0 bridgehead atoms. The molecule has 0 spiro atoms. The zero-order chi connectivity index (χ0) is 19.1. The maximum absolute atomic E-state index is 6.21. The van der Waals surface area contributed by atoms with Gasteiger partial charge >= 0.3 is 0 Å². The highest BCUT2D eigenvalue weighted by Gasteiger charge is 2.12.